The first-order valence-electron chi connectivity index (χ1n) is 33.2. The van der Waals surface area contributed by atoms with Crippen molar-refractivity contribution in [2.45, 2.75) is 411 Å². The van der Waals surface area contributed by atoms with Crippen LogP contribution in [0.15, 0.2) is 0 Å². The molecule has 3 N–H and O–H groups in total. The lowest BCUT2D eigenvalue weighted by Gasteiger charge is -2.22. The zero-order chi connectivity index (χ0) is 50.6. The molecular weight excluding hydrogens is 855 g/mol. The van der Waals surface area contributed by atoms with Gasteiger partial charge in [0.15, 0.2) is 0 Å². The van der Waals surface area contributed by atoms with E-state index in [2.05, 4.69) is 19.2 Å². The largest absolute Gasteiger partial charge is 0.394 e. The van der Waals surface area contributed by atoms with Gasteiger partial charge in [0.1, 0.15) is 0 Å². The Morgan fingerprint density at radius 3 is 0.643 bits per heavy atom. The smallest absolute Gasteiger partial charge is 0.220 e. The second-order valence-electron chi connectivity index (χ2n) is 23.3. The minimum Gasteiger partial charge on any atom is -0.394 e. The van der Waals surface area contributed by atoms with Crippen molar-refractivity contribution in [2.75, 3.05) is 6.61 Å². The maximum atomic E-state index is 12.5. The molecule has 1 amide bonds. The maximum absolute atomic E-state index is 12.5. The van der Waals surface area contributed by atoms with Crippen molar-refractivity contribution < 1.29 is 15.0 Å². The summed E-state index contributed by atoms with van der Waals surface area (Å²) in [7, 11) is 0. The van der Waals surface area contributed by atoms with Gasteiger partial charge >= 0.3 is 0 Å². The van der Waals surface area contributed by atoms with Gasteiger partial charge in [-0.25, -0.2) is 0 Å². The van der Waals surface area contributed by atoms with Gasteiger partial charge in [0.2, 0.25) is 5.91 Å². The van der Waals surface area contributed by atoms with Crippen LogP contribution >= 0.6 is 0 Å². The van der Waals surface area contributed by atoms with Gasteiger partial charge in [-0.15, -0.1) is 0 Å². The summed E-state index contributed by atoms with van der Waals surface area (Å²) in [4.78, 5) is 12.5. The lowest BCUT2D eigenvalue weighted by molar-refractivity contribution is -0.123. The molecule has 0 saturated heterocycles. The van der Waals surface area contributed by atoms with Gasteiger partial charge < -0.3 is 15.5 Å². The predicted octanol–water partition coefficient (Wildman–Crippen LogP) is 22.3. The number of rotatable bonds is 63. The molecule has 4 nitrogen and oxygen atoms in total. The highest BCUT2D eigenvalue weighted by Crippen LogP contribution is 2.20. The fourth-order valence-corrected chi connectivity index (χ4v) is 11.1. The molecule has 2 unspecified atom stereocenters. The lowest BCUT2D eigenvalue weighted by Crippen LogP contribution is -2.45. The van der Waals surface area contributed by atoms with E-state index in [4.69, 9.17) is 0 Å². The highest BCUT2D eigenvalue weighted by Gasteiger charge is 2.20. The summed E-state index contributed by atoms with van der Waals surface area (Å²) < 4.78 is 0. The van der Waals surface area contributed by atoms with Gasteiger partial charge in [0.05, 0.1) is 18.8 Å². The Hall–Kier alpha value is -0.610. The van der Waals surface area contributed by atoms with Crippen LogP contribution in [0, 0.1) is 0 Å². The topological polar surface area (TPSA) is 69.6 Å². The molecule has 2 atom stereocenters. The Labute approximate surface area is 442 Å². The molecule has 70 heavy (non-hydrogen) atoms. The van der Waals surface area contributed by atoms with Gasteiger partial charge in [-0.1, -0.05) is 380 Å². The highest BCUT2D eigenvalue weighted by atomic mass is 16.3. The minimum atomic E-state index is -0.655. The molecule has 0 bridgehead atoms. The van der Waals surface area contributed by atoms with Crippen molar-refractivity contribution in [3.05, 3.63) is 0 Å². The molecule has 0 saturated carbocycles. The fourth-order valence-electron chi connectivity index (χ4n) is 11.1. The molecule has 0 spiro atoms. The molecule has 0 aliphatic rings. The van der Waals surface area contributed by atoms with E-state index in [1.54, 1.807) is 0 Å². The van der Waals surface area contributed by atoms with Crippen molar-refractivity contribution in [1.82, 2.24) is 5.32 Å². The maximum Gasteiger partial charge on any atom is 0.220 e. The van der Waals surface area contributed by atoms with Crippen LogP contribution in [0.2, 0.25) is 0 Å². The van der Waals surface area contributed by atoms with Gasteiger partial charge in [0, 0.05) is 6.42 Å². The van der Waals surface area contributed by atoms with E-state index in [-0.39, 0.29) is 12.5 Å². The number of hydrogen-bond acceptors (Lipinski definition) is 3. The van der Waals surface area contributed by atoms with Crippen LogP contribution < -0.4 is 5.32 Å². The molecule has 0 aromatic rings. The SMILES string of the molecule is CCCCCCCCCCCCCCCCCCCCCCCCCCCCCCCCCCCCCCCCCCCC(=O)NC(CO)C(O)CCCCCCCCCCCCCCCCCCC. The Bertz CT molecular complexity index is 940. The van der Waals surface area contributed by atoms with Crippen LogP contribution in [0.4, 0.5) is 0 Å². The molecule has 0 aromatic heterocycles. The molecular formula is C66H133NO3. The second kappa shape index (κ2) is 62.7. The van der Waals surface area contributed by atoms with E-state index < -0.39 is 12.1 Å². The van der Waals surface area contributed by atoms with Crippen LogP contribution in [0.5, 0.6) is 0 Å². The number of aliphatic hydroxyl groups excluding tert-OH is 2. The molecule has 0 aromatic carbocycles. The summed E-state index contributed by atoms with van der Waals surface area (Å²) in [5.41, 5.74) is 0. The Kier molecular flexibility index (Phi) is 62.1. The van der Waals surface area contributed by atoms with Crippen molar-refractivity contribution in [3.8, 4) is 0 Å². The third-order valence-corrected chi connectivity index (χ3v) is 16.1. The second-order valence-corrected chi connectivity index (χ2v) is 23.3. The van der Waals surface area contributed by atoms with Gasteiger partial charge in [-0.3, -0.25) is 4.79 Å². The number of aliphatic hydroxyl groups is 2. The van der Waals surface area contributed by atoms with Gasteiger partial charge in [-0.2, -0.15) is 0 Å². The molecule has 0 fully saturated rings. The average Bonchev–Trinajstić information content (AvgIpc) is 3.36. The summed E-state index contributed by atoms with van der Waals surface area (Å²) in [6.45, 7) is 4.41. The zero-order valence-corrected chi connectivity index (χ0v) is 48.6. The first-order valence-corrected chi connectivity index (χ1v) is 33.2. The normalized spacial score (nSPS) is 12.6. The fraction of sp³-hybridized carbons (Fsp3) is 0.985. The summed E-state index contributed by atoms with van der Waals surface area (Å²) in [6, 6.07) is -0.531. The molecule has 4 heteroatoms. The van der Waals surface area contributed by atoms with Crippen molar-refractivity contribution >= 4 is 5.91 Å². The molecule has 420 valence electrons. The Balaban J connectivity index is 3.31. The average molecular weight is 989 g/mol. The van der Waals surface area contributed by atoms with Crippen molar-refractivity contribution in [3.63, 3.8) is 0 Å². The first-order chi connectivity index (χ1) is 34.7. The Morgan fingerprint density at radius 1 is 0.286 bits per heavy atom. The van der Waals surface area contributed by atoms with Crippen LogP contribution in [0.25, 0.3) is 0 Å². The quantitative estimate of drug-likeness (QED) is 0.0532. The number of carbonyl (C=O) groups excluding carboxylic acids is 1. The predicted molar refractivity (Wildman–Crippen MR) is 313 cm³/mol. The zero-order valence-electron chi connectivity index (χ0n) is 48.6. The van der Waals surface area contributed by atoms with E-state index in [1.807, 2.05) is 0 Å². The molecule has 0 aliphatic carbocycles. The summed E-state index contributed by atoms with van der Waals surface area (Å²) >= 11 is 0. The van der Waals surface area contributed by atoms with Crippen molar-refractivity contribution in [1.29, 1.82) is 0 Å². The molecule has 0 aliphatic heterocycles. The van der Waals surface area contributed by atoms with Crippen LogP contribution in [0.1, 0.15) is 399 Å². The monoisotopic (exact) mass is 988 g/mol. The third-order valence-electron chi connectivity index (χ3n) is 16.1. The lowest BCUT2D eigenvalue weighted by atomic mass is 10.0. The number of nitrogens with one attached hydrogen (secondary N) is 1. The summed E-state index contributed by atoms with van der Waals surface area (Å²) in [5.74, 6) is -0.0210. The minimum absolute atomic E-state index is 0.0210. The molecule has 0 heterocycles. The van der Waals surface area contributed by atoms with Crippen LogP contribution in [-0.4, -0.2) is 34.9 Å². The third kappa shape index (κ3) is 58.3. The summed E-state index contributed by atoms with van der Waals surface area (Å²) in [6.07, 6.45) is 81.6. The van der Waals surface area contributed by atoms with Gasteiger partial charge in [-0.05, 0) is 12.8 Å². The number of amides is 1. The number of unbranched alkanes of at least 4 members (excludes halogenated alkanes) is 56. The van der Waals surface area contributed by atoms with Crippen LogP contribution in [-0.2, 0) is 4.79 Å². The van der Waals surface area contributed by atoms with Gasteiger partial charge in [0.25, 0.3) is 0 Å². The Morgan fingerprint density at radius 2 is 0.457 bits per heavy atom. The van der Waals surface area contributed by atoms with E-state index in [0.29, 0.717) is 12.8 Å². The standard InChI is InChI=1S/C66H133NO3/c1-3-5-7-9-11-13-15-17-19-21-22-23-24-25-26-27-28-29-30-31-32-33-34-35-36-37-38-39-40-41-42-43-44-46-48-50-52-54-56-58-60-62-66(70)67-64(63-68)65(69)61-59-57-55-53-51-49-47-45-20-18-16-14-12-10-8-6-4-2/h64-65,68-69H,3-63H2,1-2H3,(H,67,70). The summed E-state index contributed by atoms with van der Waals surface area (Å²) in [5, 5.41) is 23.4. The number of carbonyl (C=O) groups is 1. The van der Waals surface area contributed by atoms with E-state index in [0.717, 1.165) is 25.7 Å². The molecule has 0 rings (SSSR count). The van der Waals surface area contributed by atoms with E-state index in [9.17, 15) is 15.0 Å². The van der Waals surface area contributed by atoms with E-state index >= 15 is 0 Å². The highest BCUT2D eigenvalue weighted by molar-refractivity contribution is 5.76. The molecule has 0 radical (unpaired) electrons. The van der Waals surface area contributed by atoms with Crippen LogP contribution in [0.3, 0.4) is 0 Å². The van der Waals surface area contributed by atoms with Crippen molar-refractivity contribution in [2.24, 2.45) is 0 Å². The first kappa shape index (κ1) is 69.4. The number of hydrogen-bond donors (Lipinski definition) is 3. The van der Waals surface area contributed by atoms with E-state index in [1.165, 1.54) is 347 Å².